The molecule has 2 saturated heterocycles. The molecule has 0 radical (unpaired) electrons. The van der Waals surface area contributed by atoms with Crippen molar-refractivity contribution >= 4 is 22.9 Å². The van der Waals surface area contributed by atoms with Gasteiger partial charge in [-0.3, -0.25) is 4.79 Å². The molecule has 0 saturated carbocycles. The summed E-state index contributed by atoms with van der Waals surface area (Å²) >= 11 is 0. The number of aromatic nitrogens is 2. The predicted molar refractivity (Wildman–Crippen MR) is 199 cm³/mol. The van der Waals surface area contributed by atoms with Crippen molar-refractivity contribution in [3.8, 4) is 17.2 Å². The monoisotopic (exact) mass is 727 g/mol. The molecule has 0 bridgehead atoms. The van der Waals surface area contributed by atoms with E-state index in [1.165, 1.54) is 33.5 Å². The fourth-order valence-electron chi connectivity index (χ4n) is 8.03. The molecule has 1 N–H and O–H groups in total. The first kappa shape index (κ1) is 36.3. The molecule has 2 aromatic heterocycles. The number of anilines is 1. The smallest absolute Gasteiger partial charge is 0.254 e. The molecule has 1 unspecified atom stereocenters. The van der Waals surface area contributed by atoms with Crippen molar-refractivity contribution in [3.05, 3.63) is 101 Å². The Hall–Kier alpha value is -5.10. The van der Waals surface area contributed by atoms with Gasteiger partial charge in [-0.2, -0.15) is 0 Å². The van der Waals surface area contributed by atoms with Crippen molar-refractivity contribution < 1.29 is 32.2 Å². The van der Waals surface area contributed by atoms with E-state index in [9.17, 15) is 13.6 Å². The number of imidazole rings is 1. The molecule has 0 aliphatic carbocycles. The van der Waals surface area contributed by atoms with Gasteiger partial charge in [0.2, 0.25) is 11.7 Å². The number of benzene rings is 3. The number of rotatable bonds is 12. The summed E-state index contributed by atoms with van der Waals surface area (Å²) in [7, 11) is 4.54. The van der Waals surface area contributed by atoms with Crippen LogP contribution in [0, 0.1) is 18.6 Å². The van der Waals surface area contributed by atoms with Gasteiger partial charge in [0.05, 0.1) is 38.9 Å². The van der Waals surface area contributed by atoms with E-state index in [-0.39, 0.29) is 11.9 Å². The minimum absolute atomic E-state index is 0.184. The maximum Gasteiger partial charge on any atom is 0.254 e. The summed E-state index contributed by atoms with van der Waals surface area (Å²) < 4.78 is 53.5. The van der Waals surface area contributed by atoms with Crippen LogP contribution in [0.1, 0.15) is 59.5 Å². The van der Waals surface area contributed by atoms with Crippen LogP contribution >= 0.6 is 0 Å². The lowest BCUT2D eigenvalue weighted by atomic mass is 9.71. The fourth-order valence-corrected chi connectivity index (χ4v) is 8.03. The third kappa shape index (κ3) is 7.55. The first-order chi connectivity index (χ1) is 25.7. The number of furan rings is 1. The molecular weight excluding hydrogens is 680 g/mol. The van der Waals surface area contributed by atoms with Crippen LogP contribution in [0.5, 0.6) is 17.2 Å². The van der Waals surface area contributed by atoms with Crippen molar-refractivity contribution in [1.29, 1.82) is 0 Å². The second-order valence-corrected chi connectivity index (χ2v) is 14.2. The number of hydrogen-bond donors (Lipinski definition) is 1. The summed E-state index contributed by atoms with van der Waals surface area (Å²) in [4.78, 5) is 23.3. The van der Waals surface area contributed by atoms with Gasteiger partial charge in [-0.1, -0.05) is 18.2 Å². The Morgan fingerprint density at radius 1 is 0.943 bits per heavy atom. The quantitative estimate of drug-likeness (QED) is 0.142. The van der Waals surface area contributed by atoms with E-state index in [0.29, 0.717) is 54.4 Å². The number of fused-ring (bicyclic) bond motifs is 1. The highest BCUT2D eigenvalue weighted by Gasteiger charge is 2.40. The number of para-hydroxylation sites is 2. The van der Waals surface area contributed by atoms with Crippen molar-refractivity contribution in [2.45, 2.75) is 57.0 Å². The van der Waals surface area contributed by atoms with Gasteiger partial charge in [-0.25, -0.2) is 13.8 Å². The summed E-state index contributed by atoms with van der Waals surface area (Å²) in [6.45, 7) is 5.95. The Morgan fingerprint density at radius 2 is 1.70 bits per heavy atom. The number of aryl methyl sites for hydroxylation is 1. The number of carbonyl (C=O) groups is 1. The second kappa shape index (κ2) is 15.5. The van der Waals surface area contributed by atoms with E-state index in [1.54, 1.807) is 18.2 Å². The second-order valence-electron chi connectivity index (χ2n) is 14.2. The van der Waals surface area contributed by atoms with Gasteiger partial charge in [0.25, 0.3) is 5.91 Å². The Bertz CT molecular complexity index is 2050. The predicted octanol–water partition coefficient (Wildman–Crippen LogP) is 7.43. The van der Waals surface area contributed by atoms with Crippen LogP contribution in [0.15, 0.2) is 71.1 Å². The lowest BCUT2D eigenvalue weighted by molar-refractivity contribution is 0.0606. The van der Waals surface area contributed by atoms with Crippen molar-refractivity contribution in [2.75, 3.05) is 59.4 Å². The molecule has 2 aliphatic rings. The van der Waals surface area contributed by atoms with Crippen LogP contribution in [0.2, 0.25) is 0 Å². The molecule has 2 aliphatic heterocycles. The van der Waals surface area contributed by atoms with E-state index >= 15 is 0 Å². The van der Waals surface area contributed by atoms with Gasteiger partial charge in [-0.15, -0.1) is 0 Å². The summed E-state index contributed by atoms with van der Waals surface area (Å²) in [5, 5.41) is 3.73. The minimum atomic E-state index is -0.882. The van der Waals surface area contributed by atoms with Gasteiger partial charge in [-0.05, 0) is 99.7 Å². The zero-order valence-corrected chi connectivity index (χ0v) is 30.8. The fraction of sp³-hybridized carbons (Fsp3) is 0.415. The molecule has 5 aromatic rings. The van der Waals surface area contributed by atoms with E-state index in [4.69, 9.17) is 23.6 Å². The van der Waals surface area contributed by atoms with Crippen LogP contribution in [-0.4, -0.2) is 85.4 Å². The van der Waals surface area contributed by atoms with E-state index in [2.05, 4.69) is 20.9 Å². The molecule has 1 amide bonds. The highest BCUT2D eigenvalue weighted by Crippen LogP contribution is 2.41. The molecule has 10 nitrogen and oxygen atoms in total. The standard InChI is InChI=1S/C41H47F2N5O5/c1-27-10-12-31(53-27)25-48-35-9-6-5-8-34(35)45-40(48)44-30-14-19-46(20-15-30)21-17-41(29-11-13-32(42)33(43)24-29)16-7-18-47(26-41)39(49)28-22-36(50-2)38(52-4)37(23-28)51-3/h5-6,8-13,22-24,30H,7,14-21,25-26H2,1-4H3,(H,44,45). The topological polar surface area (TPSA) is 94.2 Å². The minimum Gasteiger partial charge on any atom is -0.493 e. The summed E-state index contributed by atoms with van der Waals surface area (Å²) in [6.07, 6.45) is 4.01. The first-order valence-electron chi connectivity index (χ1n) is 18.2. The highest BCUT2D eigenvalue weighted by atomic mass is 19.2. The molecule has 0 spiro atoms. The molecular formula is C41H47F2N5O5. The number of methoxy groups -OCH3 is 3. The number of amides is 1. The SMILES string of the molecule is COc1cc(C(=O)N2CCCC(CCN3CCC(Nc4nc5ccccc5n4Cc4ccc(C)o4)CC3)(c3ccc(F)c(F)c3)C2)cc(OC)c1OC. The highest BCUT2D eigenvalue weighted by molar-refractivity contribution is 5.96. The number of hydrogen-bond acceptors (Lipinski definition) is 8. The normalized spacial score (nSPS) is 18.3. The van der Waals surface area contributed by atoms with Crippen molar-refractivity contribution in [3.63, 3.8) is 0 Å². The molecule has 4 heterocycles. The van der Waals surface area contributed by atoms with Crippen LogP contribution in [-0.2, 0) is 12.0 Å². The summed E-state index contributed by atoms with van der Waals surface area (Å²) in [5.41, 5.74) is 2.54. The van der Waals surface area contributed by atoms with Crippen LogP contribution in [0.4, 0.5) is 14.7 Å². The van der Waals surface area contributed by atoms with E-state index in [1.807, 2.05) is 42.2 Å². The average Bonchev–Trinajstić information content (AvgIpc) is 3.76. The Kier molecular flexibility index (Phi) is 10.6. The van der Waals surface area contributed by atoms with Gasteiger partial charge >= 0.3 is 0 Å². The number of piperidine rings is 2. The molecule has 1 atom stereocenters. The molecule has 12 heteroatoms. The van der Waals surface area contributed by atoms with Gasteiger partial charge in [0.1, 0.15) is 11.5 Å². The van der Waals surface area contributed by atoms with Gasteiger partial charge in [0, 0.05) is 43.2 Å². The Balaban J connectivity index is 1.05. The lowest BCUT2D eigenvalue weighted by Gasteiger charge is -2.45. The Morgan fingerprint density at radius 3 is 2.38 bits per heavy atom. The summed E-state index contributed by atoms with van der Waals surface area (Å²) in [5.74, 6) is 1.83. The molecule has 280 valence electrons. The average molecular weight is 728 g/mol. The number of carbonyl (C=O) groups excluding carboxylic acids is 1. The largest absolute Gasteiger partial charge is 0.493 e. The number of nitrogens with one attached hydrogen (secondary N) is 1. The Labute approximate surface area is 308 Å². The number of likely N-dealkylation sites (tertiary alicyclic amines) is 2. The van der Waals surface area contributed by atoms with Crippen LogP contribution < -0.4 is 19.5 Å². The molecule has 3 aromatic carbocycles. The van der Waals surface area contributed by atoms with Crippen LogP contribution in [0.3, 0.4) is 0 Å². The van der Waals surface area contributed by atoms with E-state index < -0.39 is 17.0 Å². The maximum absolute atomic E-state index is 14.8. The number of halogens is 2. The zero-order valence-electron chi connectivity index (χ0n) is 30.8. The third-order valence-corrected chi connectivity index (χ3v) is 10.9. The zero-order chi connectivity index (χ0) is 37.1. The lowest BCUT2D eigenvalue weighted by Crippen LogP contribution is -2.50. The molecule has 53 heavy (non-hydrogen) atoms. The first-order valence-corrected chi connectivity index (χ1v) is 18.2. The van der Waals surface area contributed by atoms with Crippen LogP contribution in [0.25, 0.3) is 11.0 Å². The maximum atomic E-state index is 14.8. The molecule has 7 rings (SSSR count). The summed E-state index contributed by atoms with van der Waals surface area (Å²) in [6, 6.07) is 19.9. The van der Waals surface area contributed by atoms with Crippen molar-refractivity contribution in [2.24, 2.45) is 0 Å². The third-order valence-electron chi connectivity index (χ3n) is 10.9. The van der Waals surface area contributed by atoms with Crippen molar-refractivity contribution in [1.82, 2.24) is 19.4 Å². The number of nitrogens with zero attached hydrogens (tertiary/aromatic N) is 4. The van der Waals surface area contributed by atoms with Gasteiger partial charge < -0.3 is 38.3 Å². The number of ether oxygens (including phenoxy) is 3. The van der Waals surface area contributed by atoms with E-state index in [0.717, 1.165) is 73.8 Å². The van der Waals surface area contributed by atoms with Gasteiger partial charge in [0.15, 0.2) is 23.1 Å². The molecule has 2 fully saturated rings.